The first-order valence-corrected chi connectivity index (χ1v) is 10.4. The van der Waals surface area contributed by atoms with Crippen molar-refractivity contribution in [2.75, 3.05) is 19.7 Å². The highest BCUT2D eigenvalue weighted by atomic mass is 32.2. The summed E-state index contributed by atoms with van der Waals surface area (Å²) in [6.07, 6.45) is 3.17. The maximum Gasteiger partial charge on any atom is 0.216 e. The zero-order chi connectivity index (χ0) is 17.6. The van der Waals surface area contributed by atoms with Crippen LogP contribution in [0.2, 0.25) is 0 Å². The summed E-state index contributed by atoms with van der Waals surface area (Å²) in [6.45, 7) is 2.58. The minimum absolute atomic E-state index is 0.0230. The van der Waals surface area contributed by atoms with Crippen LogP contribution in [-0.2, 0) is 20.5 Å². The normalized spacial score (nSPS) is 32.6. The van der Waals surface area contributed by atoms with Crippen LogP contribution in [0, 0.1) is 17.6 Å². The molecule has 2 saturated heterocycles. The first kappa shape index (κ1) is 17.3. The molecular formula is C17H22F2N2O3S. The number of hydrogen-bond acceptors (Lipinski definition) is 4. The van der Waals surface area contributed by atoms with Gasteiger partial charge in [0, 0.05) is 30.2 Å². The Hall–Kier alpha value is -1.09. The van der Waals surface area contributed by atoms with E-state index in [-0.39, 0.29) is 29.7 Å². The summed E-state index contributed by atoms with van der Waals surface area (Å²) in [6, 6.07) is 2.83. The van der Waals surface area contributed by atoms with Crippen molar-refractivity contribution in [3.8, 4) is 0 Å². The van der Waals surface area contributed by atoms with E-state index in [4.69, 9.17) is 4.74 Å². The maximum atomic E-state index is 13.8. The molecular weight excluding hydrogens is 350 g/mol. The topological polar surface area (TPSA) is 58.6 Å². The van der Waals surface area contributed by atoms with Crippen LogP contribution in [0.5, 0.6) is 0 Å². The summed E-state index contributed by atoms with van der Waals surface area (Å²) < 4.78 is 60.5. The third-order valence-electron chi connectivity index (χ3n) is 5.59. The molecule has 1 N–H and O–H groups in total. The Kier molecular flexibility index (Phi) is 4.56. The fraction of sp³-hybridized carbons (Fsp3) is 0.647. The Morgan fingerprint density at radius 3 is 2.72 bits per heavy atom. The zero-order valence-electron chi connectivity index (χ0n) is 13.8. The lowest BCUT2D eigenvalue weighted by Gasteiger charge is -2.51. The summed E-state index contributed by atoms with van der Waals surface area (Å²) in [5.41, 5.74) is -0.0230. The smallest absolute Gasteiger partial charge is 0.216 e. The summed E-state index contributed by atoms with van der Waals surface area (Å²) >= 11 is 0. The molecule has 0 bridgehead atoms. The van der Waals surface area contributed by atoms with Gasteiger partial charge < -0.3 is 4.74 Å². The molecule has 3 fully saturated rings. The third-order valence-corrected chi connectivity index (χ3v) is 6.91. The van der Waals surface area contributed by atoms with Crippen LogP contribution in [0.25, 0.3) is 0 Å². The Morgan fingerprint density at radius 2 is 2.00 bits per heavy atom. The van der Waals surface area contributed by atoms with E-state index in [1.807, 2.05) is 0 Å². The lowest BCUT2D eigenvalue weighted by Crippen LogP contribution is -2.70. The van der Waals surface area contributed by atoms with E-state index in [9.17, 15) is 17.2 Å². The van der Waals surface area contributed by atoms with Gasteiger partial charge in [0.15, 0.2) is 0 Å². The number of benzene rings is 1. The lowest BCUT2D eigenvalue weighted by atomic mass is 9.71. The number of rotatable bonds is 5. The van der Waals surface area contributed by atoms with E-state index in [1.54, 1.807) is 0 Å². The van der Waals surface area contributed by atoms with Crippen molar-refractivity contribution in [1.29, 1.82) is 0 Å². The van der Waals surface area contributed by atoms with E-state index in [1.165, 1.54) is 6.07 Å². The molecule has 138 valence electrons. The van der Waals surface area contributed by atoms with Crippen molar-refractivity contribution in [2.45, 2.75) is 43.2 Å². The number of nitrogens with zero attached hydrogens (tertiary/aromatic N) is 1. The molecule has 2 heterocycles. The average Bonchev–Trinajstić information content (AvgIpc) is 3.19. The predicted octanol–water partition coefficient (Wildman–Crippen LogP) is 1.64. The molecule has 0 aromatic heterocycles. The number of likely N-dealkylation sites (tertiary alicyclic amines) is 1. The molecule has 4 atom stereocenters. The van der Waals surface area contributed by atoms with Crippen molar-refractivity contribution in [1.82, 2.24) is 9.62 Å². The van der Waals surface area contributed by atoms with Gasteiger partial charge in [-0.1, -0.05) is 6.07 Å². The van der Waals surface area contributed by atoms with Gasteiger partial charge in [0.2, 0.25) is 10.0 Å². The number of halogens is 2. The van der Waals surface area contributed by atoms with Crippen LogP contribution < -0.4 is 4.72 Å². The standard InChI is InChI=1S/C17H22F2N2O3S/c18-12-4-3-11(14(19)9-12)10-25(22,23)20-15-13-5-8-24-17(13)16(15)21-6-1-2-7-21/h3-4,9,13,15-17,20H,1-2,5-8,10H2/t13-,15+,16-,17-/m1/s1. The van der Waals surface area contributed by atoms with Gasteiger partial charge in [0.1, 0.15) is 11.6 Å². The molecule has 1 saturated carbocycles. The van der Waals surface area contributed by atoms with Gasteiger partial charge in [-0.15, -0.1) is 0 Å². The number of hydrogen-bond donors (Lipinski definition) is 1. The second-order valence-electron chi connectivity index (χ2n) is 7.16. The molecule has 8 heteroatoms. The van der Waals surface area contributed by atoms with Crippen LogP contribution in [0.1, 0.15) is 24.8 Å². The number of fused-ring (bicyclic) bond motifs is 1. The van der Waals surface area contributed by atoms with Crippen molar-refractivity contribution >= 4 is 10.0 Å². The molecule has 25 heavy (non-hydrogen) atoms. The Labute approximate surface area is 146 Å². The Morgan fingerprint density at radius 1 is 1.24 bits per heavy atom. The third kappa shape index (κ3) is 3.32. The Balaban J connectivity index is 1.49. The van der Waals surface area contributed by atoms with Crippen LogP contribution in [0.3, 0.4) is 0 Å². The average molecular weight is 372 g/mol. The number of ether oxygens (including phenoxy) is 1. The number of nitrogens with one attached hydrogen (secondary N) is 1. The fourth-order valence-electron chi connectivity index (χ4n) is 4.40. The lowest BCUT2D eigenvalue weighted by molar-refractivity contribution is -0.0712. The van der Waals surface area contributed by atoms with E-state index in [0.29, 0.717) is 12.7 Å². The Bertz CT molecular complexity index is 748. The van der Waals surface area contributed by atoms with E-state index >= 15 is 0 Å². The van der Waals surface area contributed by atoms with Crippen LogP contribution in [-0.4, -0.2) is 51.2 Å². The second kappa shape index (κ2) is 6.57. The maximum absolute atomic E-state index is 13.8. The van der Waals surface area contributed by atoms with E-state index in [2.05, 4.69) is 9.62 Å². The molecule has 1 aromatic rings. The summed E-state index contributed by atoms with van der Waals surface area (Å²) in [5.74, 6) is -1.86. The molecule has 3 aliphatic rings. The molecule has 2 aliphatic heterocycles. The van der Waals surface area contributed by atoms with Crippen LogP contribution >= 0.6 is 0 Å². The summed E-state index contributed by atoms with van der Waals surface area (Å²) in [4.78, 5) is 2.30. The SMILES string of the molecule is O=S(=O)(Cc1ccc(F)cc1F)N[C@H]1[C@H]2CCO[C@H]2[C@@H]1N1CCCC1. The second-order valence-corrected chi connectivity index (χ2v) is 8.91. The van der Waals surface area contributed by atoms with Crippen molar-refractivity contribution < 1.29 is 21.9 Å². The van der Waals surface area contributed by atoms with Crippen molar-refractivity contribution in [3.63, 3.8) is 0 Å². The molecule has 4 rings (SSSR count). The molecule has 1 aromatic carbocycles. The molecule has 5 nitrogen and oxygen atoms in total. The molecule has 0 spiro atoms. The minimum Gasteiger partial charge on any atom is -0.376 e. The quantitative estimate of drug-likeness (QED) is 0.854. The largest absolute Gasteiger partial charge is 0.376 e. The van der Waals surface area contributed by atoms with Gasteiger partial charge in [-0.05, 0) is 38.4 Å². The highest BCUT2D eigenvalue weighted by molar-refractivity contribution is 7.88. The molecule has 1 aliphatic carbocycles. The monoisotopic (exact) mass is 372 g/mol. The van der Waals surface area contributed by atoms with Gasteiger partial charge in [0.25, 0.3) is 0 Å². The first-order chi connectivity index (χ1) is 11.9. The van der Waals surface area contributed by atoms with Crippen LogP contribution in [0.15, 0.2) is 18.2 Å². The van der Waals surface area contributed by atoms with E-state index in [0.717, 1.165) is 38.4 Å². The van der Waals surface area contributed by atoms with Gasteiger partial charge in [0.05, 0.1) is 17.9 Å². The van der Waals surface area contributed by atoms with Gasteiger partial charge in [-0.2, -0.15) is 0 Å². The molecule has 0 radical (unpaired) electrons. The van der Waals surface area contributed by atoms with Gasteiger partial charge >= 0.3 is 0 Å². The predicted molar refractivity (Wildman–Crippen MR) is 88.3 cm³/mol. The number of sulfonamides is 1. The minimum atomic E-state index is -3.73. The highest BCUT2D eigenvalue weighted by Gasteiger charge is 2.57. The molecule has 0 unspecified atom stereocenters. The summed E-state index contributed by atoms with van der Waals surface area (Å²) in [5, 5.41) is 0. The highest BCUT2D eigenvalue weighted by Crippen LogP contribution is 2.43. The zero-order valence-corrected chi connectivity index (χ0v) is 14.6. The fourth-order valence-corrected chi connectivity index (χ4v) is 5.86. The van der Waals surface area contributed by atoms with Gasteiger partial charge in [-0.3, -0.25) is 4.90 Å². The van der Waals surface area contributed by atoms with E-state index < -0.39 is 27.4 Å². The van der Waals surface area contributed by atoms with Crippen LogP contribution in [0.4, 0.5) is 8.78 Å². The van der Waals surface area contributed by atoms with Gasteiger partial charge in [-0.25, -0.2) is 21.9 Å². The summed E-state index contributed by atoms with van der Waals surface area (Å²) in [7, 11) is -3.73. The first-order valence-electron chi connectivity index (χ1n) is 8.74. The van der Waals surface area contributed by atoms with Crippen molar-refractivity contribution in [2.24, 2.45) is 5.92 Å². The molecule has 0 amide bonds. The van der Waals surface area contributed by atoms with Crippen molar-refractivity contribution in [3.05, 3.63) is 35.4 Å².